The molecular weight excluding hydrogens is 404 g/mol. The van der Waals surface area contributed by atoms with E-state index in [0.717, 1.165) is 42.9 Å². The molecule has 160 valence electrons. The van der Waals surface area contributed by atoms with Crippen molar-refractivity contribution in [2.75, 3.05) is 31.6 Å². The molecule has 6 nitrogen and oxygen atoms in total. The van der Waals surface area contributed by atoms with E-state index in [0.29, 0.717) is 24.8 Å². The lowest BCUT2D eigenvalue weighted by Gasteiger charge is -2.37. The number of hydrogen-bond acceptors (Lipinski definition) is 5. The molecule has 3 atom stereocenters. The molecule has 3 aliphatic heterocycles. The average Bonchev–Trinajstić information content (AvgIpc) is 3.09. The molecule has 0 aromatic heterocycles. The van der Waals surface area contributed by atoms with Crippen LogP contribution < -0.4 is 14.8 Å². The molecule has 1 saturated heterocycles. The van der Waals surface area contributed by atoms with Gasteiger partial charge in [-0.2, -0.15) is 0 Å². The molecule has 1 fully saturated rings. The number of rotatable bonds is 4. The topological polar surface area (TPSA) is 71.0 Å². The van der Waals surface area contributed by atoms with Crippen LogP contribution in [-0.4, -0.2) is 54.4 Å². The molecule has 0 saturated carbocycles. The number of aliphatic hydroxyl groups excluding tert-OH is 1. The monoisotopic (exact) mass is 430 g/mol. The van der Waals surface area contributed by atoms with Crippen molar-refractivity contribution in [2.24, 2.45) is 5.92 Å². The van der Waals surface area contributed by atoms with Gasteiger partial charge < -0.3 is 24.8 Å². The van der Waals surface area contributed by atoms with Gasteiger partial charge in [0, 0.05) is 12.2 Å². The van der Waals surface area contributed by atoms with Crippen molar-refractivity contribution in [3.63, 3.8) is 0 Å². The maximum atomic E-state index is 12.5. The average molecular weight is 431 g/mol. The zero-order valence-electron chi connectivity index (χ0n) is 16.7. The number of hydrogen-bond donors (Lipinski definition) is 2. The lowest BCUT2D eigenvalue weighted by Crippen LogP contribution is -2.48. The van der Waals surface area contributed by atoms with Crippen LogP contribution in [0.25, 0.3) is 0 Å². The van der Waals surface area contributed by atoms with Gasteiger partial charge in [0.05, 0.1) is 5.92 Å². The third-order valence-corrected chi connectivity index (χ3v) is 6.34. The number of ether oxygens (including phenoxy) is 2. The van der Waals surface area contributed by atoms with Crippen molar-refractivity contribution in [2.45, 2.75) is 31.0 Å². The van der Waals surface area contributed by atoms with E-state index < -0.39 is 6.10 Å². The molecule has 0 bridgehead atoms. The van der Waals surface area contributed by atoms with Crippen molar-refractivity contribution in [1.29, 1.82) is 0 Å². The molecule has 0 spiro atoms. The van der Waals surface area contributed by atoms with Gasteiger partial charge >= 0.3 is 0 Å². The molecule has 3 heterocycles. The molecule has 3 aliphatic rings. The minimum absolute atomic E-state index is 0. The van der Waals surface area contributed by atoms with E-state index in [1.165, 1.54) is 0 Å². The molecule has 0 aliphatic carbocycles. The second-order valence-corrected chi connectivity index (χ2v) is 8.17. The summed E-state index contributed by atoms with van der Waals surface area (Å²) in [6, 6.07) is 15.5. The number of nitrogens with zero attached hydrogens (tertiary/aromatic N) is 1. The maximum Gasteiger partial charge on any atom is 0.232 e. The van der Waals surface area contributed by atoms with Crippen LogP contribution in [0.15, 0.2) is 48.5 Å². The normalized spacial score (nSPS) is 24.5. The Morgan fingerprint density at radius 3 is 2.57 bits per heavy atom. The molecule has 5 rings (SSSR count). The number of carbonyl (C=O) groups is 1. The number of benzene rings is 2. The van der Waals surface area contributed by atoms with Gasteiger partial charge in [0.15, 0.2) is 17.6 Å². The van der Waals surface area contributed by atoms with Gasteiger partial charge in [0.1, 0.15) is 12.7 Å². The van der Waals surface area contributed by atoms with Crippen LogP contribution in [0.2, 0.25) is 0 Å². The van der Waals surface area contributed by atoms with Crippen molar-refractivity contribution in [1.82, 2.24) is 4.90 Å². The van der Waals surface area contributed by atoms with Crippen LogP contribution in [0, 0.1) is 5.92 Å². The third kappa shape index (κ3) is 4.00. The Morgan fingerprint density at radius 2 is 1.77 bits per heavy atom. The smallest absolute Gasteiger partial charge is 0.232 e. The molecule has 2 aromatic carbocycles. The fraction of sp³-hybridized carbons (Fsp3) is 0.435. The number of anilines is 1. The van der Waals surface area contributed by atoms with Crippen LogP contribution in [0.3, 0.4) is 0 Å². The number of aliphatic hydroxyl groups is 1. The molecule has 30 heavy (non-hydrogen) atoms. The molecule has 7 heteroatoms. The predicted octanol–water partition coefficient (Wildman–Crippen LogP) is 3.06. The molecular formula is C23H27ClN2O4. The molecule has 1 amide bonds. The number of halogens is 1. The van der Waals surface area contributed by atoms with Crippen LogP contribution in [0.5, 0.6) is 11.5 Å². The Morgan fingerprint density at radius 1 is 1.07 bits per heavy atom. The highest BCUT2D eigenvalue weighted by molar-refractivity contribution is 6.03. The highest BCUT2D eigenvalue weighted by Crippen LogP contribution is 2.41. The van der Waals surface area contributed by atoms with Gasteiger partial charge in [-0.05, 0) is 55.6 Å². The Labute approximate surface area is 182 Å². The van der Waals surface area contributed by atoms with E-state index in [1.807, 2.05) is 42.5 Å². The van der Waals surface area contributed by atoms with E-state index in [1.54, 1.807) is 0 Å². The lowest BCUT2D eigenvalue weighted by molar-refractivity contribution is -0.118. The Kier molecular flexibility index (Phi) is 6.18. The van der Waals surface area contributed by atoms with Crippen LogP contribution in [-0.2, 0) is 4.79 Å². The third-order valence-electron chi connectivity index (χ3n) is 6.34. The number of β-amino-alcohol motifs (C(OH)–C–C–N with tert-alkyl or cyclic N) is 1. The first-order valence-electron chi connectivity index (χ1n) is 10.4. The Bertz CT molecular complexity index is 900. The fourth-order valence-electron chi connectivity index (χ4n) is 4.78. The van der Waals surface area contributed by atoms with E-state index >= 15 is 0 Å². The quantitative estimate of drug-likeness (QED) is 0.780. The summed E-state index contributed by atoms with van der Waals surface area (Å²) in [7, 11) is 0. The Balaban J connectivity index is 0.00000218. The summed E-state index contributed by atoms with van der Waals surface area (Å²) >= 11 is 0. The standard InChI is InChI=1S/C23H26N2O4.ClH/c26-18(21-14-28-19-7-3-4-8-20(19)29-21)13-25-11-9-15(10-12-25)22-16-5-1-2-6-17(16)24-23(22)27;/h1-8,15,18,21-22,26H,9-14H2,(H,24,27);1H. The van der Waals surface area contributed by atoms with Crippen LogP contribution >= 0.6 is 12.4 Å². The zero-order chi connectivity index (χ0) is 19.8. The van der Waals surface area contributed by atoms with Gasteiger partial charge in [0.2, 0.25) is 5.91 Å². The van der Waals surface area contributed by atoms with E-state index in [-0.39, 0.29) is 30.3 Å². The number of piperidine rings is 1. The summed E-state index contributed by atoms with van der Waals surface area (Å²) in [5.41, 5.74) is 2.08. The number of para-hydroxylation sites is 3. The fourth-order valence-corrected chi connectivity index (χ4v) is 4.78. The number of amides is 1. The summed E-state index contributed by atoms with van der Waals surface area (Å²) in [6.45, 7) is 2.65. The van der Waals surface area contributed by atoms with Crippen molar-refractivity contribution in [3.05, 3.63) is 54.1 Å². The SMILES string of the molecule is Cl.O=C1Nc2ccccc2C1C1CCN(CC(O)C2COc3ccccc3O2)CC1. The number of carbonyl (C=O) groups excluding carboxylic acids is 1. The first-order valence-corrected chi connectivity index (χ1v) is 10.4. The second-order valence-electron chi connectivity index (χ2n) is 8.17. The van der Waals surface area contributed by atoms with Gasteiger partial charge in [-0.25, -0.2) is 0 Å². The minimum atomic E-state index is -0.615. The highest BCUT2D eigenvalue weighted by atomic mass is 35.5. The largest absolute Gasteiger partial charge is 0.486 e. The van der Waals surface area contributed by atoms with Crippen molar-refractivity contribution < 1.29 is 19.4 Å². The summed E-state index contributed by atoms with van der Waals surface area (Å²) in [5, 5.41) is 13.7. The summed E-state index contributed by atoms with van der Waals surface area (Å²) in [4.78, 5) is 14.8. The minimum Gasteiger partial charge on any atom is -0.486 e. The van der Waals surface area contributed by atoms with E-state index in [9.17, 15) is 9.90 Å². The van der Waals surface area contributed by atoms with Crippen LogP contribution in [0.4, 0.5) is 5.69 Å². The number of nitrogens with one attached hydrogen (secondary N) is 1. The van der Waals surface area contributed by atoms with Crippen LogP contribution in [0.1, 0.15) is 24.3 Å². The predicted molar refractivity (Wildman–Crippen MR) is 117 cm³/mol. The number of fused-ring (bicyclic) bond motifs is 2. The van der Waals surface area contributed by atoms with E-state index in [2.05, 4.69) is 16.3 Å². The second kappa shape index (κ2) is 8.84. The summed E-state index contributed by atoms with van der Waals surface area (Å²) < 4.78 is 11.7. The summed E-state index contributed by atoms with van der Waals surface area (Å²) in [6.07, 6.45) is 0.916. The van der Waals surface area contributed by atoms with Gasteiger partial charge in [-0.3, -0.25) is 4.79 Å². The zero-order valence-corrected chi connectivity index (χ0v) is 17.5. The van der Waals surface area contributed by atoms with Gasteiger partial charge in [-0.1, -0.05) is 30.3 Å². The molecule has 0 radical (unpaired) electrons. The highest BCUT2D eigenvalue weighted by Gasteiger charge is 2.38. The van der Waals surface area contributed by atoms with Crippen molar-refractivity contribution >= 4 is 24.0 Å². The molecule has 2 aromatic rings. The molecule has 3 unspecified atom stereocenters. The lowest BCUT2D eigenvalue weighted by atomic mass is 9.80. The molecule has 2 N–H and O–H groups in total. The van der Waals surface area contributed by atoms with Gasteiger partial charge in [-0.15, -0.1) is 12.4 Å². The summed E-state index contributed by atoms with van der Waals surface area (Å²) in [5.74, 6) is 1.83. The maximum absolute atomic E-state index is 12.5. The number of likely N-dealkylation sites (tertiary alicyclic amines) is 1. The van der Waals surface area contributed by atoms with E-state index in [4.69, 9.17) is 9.47 Å². The van der Waals surface area contributed by atoms with Crippen molar-refractivity contribution in [3.8, 4) is 11.5 Å². The van der Waals surface area contributed by atoms with Gasteiger partial charge in [0.25, 0.3) is 0 Å². The Hall–Kier alpha value is -2.28. The first kappa shape index (κ1) is 21.0. The first-order chi connectivity index (χ1) is 14.2.